The van der Waals surface area contributed by atoms with Gasteiger partial charge in [-0.1, -0.05) is 6.07 Å². The van der Waals surface area contributed by atoms with E-state index in [0.29, 0.717) is 23.7 Å². The Morgan fingerprint density at radius 2 is 1.35 bits per heavy atom. The molecule has 0 aromatic heterocycles. The zero-order chi connectivity index (χ0) is 22.1. The first-order valence-corrected chi connectivity index (χ1v) is 9.73. The quantitative estimate of drug-likeness (QED) is 0.506. The van der Waals surface area contributed by atoms with Gasteiger partial charge in [-0.3, -0.25) is 4.79 Å². The van der Waals surface area contributed by atoms with Crippen molar-refractivity contribution in [3.05, 3.63) is 72.3 Å². The summed E-state index contributed by atoms with van der Waals surface area (Å²) in [4.78, 5) is 12.2. The number of carbonyl (C=O) groups excluding carboxylic acids is 1. The van der Waals surface area contributed by atoms with E-state index in [-0.39, 0.29) is 12.5 Å². The highest BCUT2D eigenvalue weighted by Crippen LogP contribution is 2.28. The normalized spacial score (nSPS) is 10.2. The molecule has 0 saturated carbocycles. The average Bonchev–Trinajstić information content (AvgIpc) is 2.82. The summed E-state index contributed by atoms with van der Waals surface area (Å²) in [5, 5.41) is 6.12. The van der Waals surface area contributed by atoms with Gasteiger partial charge in [0, 0.05) is 17.9 Å². The Morgan fingerprint density at radius 1 is 0.742 bits per heavy atom. The van der Waals surface area contributed by atoms with Crippen molar-refractivity contribution in [2.45, 2.75) is 6.54 Å². The number of benzene rings is 3. The Bertz CT molecular complexity index is 988. The Kier molecular flexibility index (Phi) is 7.59. The zero-order valence-electron chi connectivity index (χ0n) is 17.8. The Labute approximate surface area is 181 Å². The third kappa shape index (κ3) is 6.30. The molecule has 31 heavy (non-hydrogen) atoms. The van der Waals surface area contributed by atoms with E-state index in [2.05, 4.69) is 10.6 Å². The van der Waals surface area contributed by atoms with Gasteiger partial charge in [0.2, 0.25) is 0 Å². The molecular weight excluding hydrogens is 396 g/mol. The SMILES string of the molecule is COc1ccc(NCc2ccc(OCC(=O)Nc3ccc(OC)cc3)c(OC)c2)cc1. The van der Waals surface area contributed by atoms with Crippen molar-refractivity contribution in [1.29, 1.82) is 0 Å². The molecule has 7 nitrogen and oxygen atoms in total. The molecule has 0 atom stereocenters. The van der Waals surface area contributed by atoms with Crippen LogP contribution in [0.5, 0.6) is 23.0 Å². The number of amides is 1. The second-order valence-electron chi connectivity index (χ2n) is 6.63. The Balaban J connectivity index is 1.54. The molecule has 0 aliphatic heterocycles. The van der Waals surface area contributed by atoms with Crippen molar-refractivity contribution >= 4 is 17.3 Å². The van der Waals surface area contributed by atoms with Gasteiger partial charge in [-0.25, -0.2) is 0 Å². The van der Waals surface area contributed by atoms with Gasteiger partial charge in [0.25, 0.3) is 5.91 Å². The lowest BCUT2D eigenvalue weighted by atomic mass is 10.2. The molecular formula is C24H26N2O5. The van der Waals surface area contributed by atoms with Crippen LogP contribution in [0, 0.1) is 0 Å². The third-order valence-corrected chi connectivity index (χ3v) is 4.55. The number of anilines is 2. The number of hydrogen-bond acceptors (Lipinski definition) is 6. The van der Waals surface area contributed by atoms with Gasteiger partial charge in [-0.05, 0) is 66.2 Å². The van der Waals surface area contributed by atoms with Crippen molar-refractivity contribution in [2.24, 2.45) is 0 Å². The van der Waals surface area contributed by atoms with Crippen LogP contribution in [0.25, 0.3) is 0 Å². The van der Waals surface area contributed by atoms with E-state index in [1.807, 2.05) is 36.4 Å². The van der Waals surface area contributed by atoms with Gasteiger partial charge in [0.15, 0.2) is 18.1 Å². The summed E-state index contributed by atoms with van der Waals surface area (Å²) in [5.74, 6) is 2.33. The van der Waals surface area contributed by atoms with Crippen molar-refractivity contribution in [1.82, 2.24) is 0 Å². The van der Waals surface area contributed by atoms with Crippen molar-refractivity contribution < 1.29 is 23.7 Å². The zero-order valence-corrected chi connectivity index (χ0v) is 17.8. The smallest absolute Gasteiger partial charge is 0.262 e. The van der Waals surface area contributed by atoms with E-state index in [1.165, 1.54) is 0 Å². The molecule has 0 fully saturated rings. The van der Waals surface area contributed by atoms with Crippen LogP contribution in [0.2, 0.25) is 0 Å². The van der Waals surface area contributed by atoms with E-state index in [4.69, 9.17) is 18.9 Å². The fourth-order valence-electron chi connectivity index (χ4n) is 2.87. The van der Waals surface area contributed by atoms with Gasteiger partial charge < -0.3 is 29.6 Å². The molecule has 7 heteroatoms. The van der Waals surface area contributed by atoms with Gasteiger partial charge in [0.1, 0.15) is 11.5 Å². The molecule has 0 aliphatic rings. The largest absolute Gasteiger partial charge is 0.497 e. The molecule has 0 unspecified atom stereocenters. The van der Waals surface area contributed by atoms with Crippen LogP contribution in [-0.2, 0) is 11.3 Å². The predicted octanol–water partition coefficient (Wildman–Crippen LogP) is 4.34. The molecule has 2 N–H and O–H groups in total. The van der Waals surface area contributed by atoms with E-state index in [9.17, 15) is 4.79 Å². The summed E-state index contributed by atoms with van der Waals surface area (Å²) in [5.41, 5.74) is 2.67. The van der Waals surface area contributed by atoms with E-state index in [0.717, 1.165) is 22.7 Å². The number of hydrogen-bond donors (Lipinski definition) is 2. The van der Waals surface area contributed by atoms with Crippen LogP contribution in [-0.4, -0.2) is 33.8 Å². The van der Waals surface area contributed by atoms with Gasteiger partial charge in [-0.15, -0.1) is 0 Å². The van der Waals surface area contributed by atoms with Crippen LogP contribution in [0.1, 0.15) is 5.56 Å². The van der Waals surface area contributed by atoms with Gasteiger partial charge >= 0.3 is 0 Å². The van der Waals surface area contributed by atoms with Crippen LogP contribution in [0.15, 0.2) is 66.7 Å². The highest BCUT2D eigenvalue weighted by Gasteiger charge is 2.09. The summed E-state index contributed by atoms with van der Waals surface area (Å²) in [6, 6.07) is 20.4. The molecule has 0 saturated heterocycles. The summed E-state index contributed by atoms with van der Waals surface area (Å²) in [6.45, 7) is 0.479. The topological polar surface area (TPSA) is 78.1 Å². The van der Waals surface area contributed by atoms with E-state index < -0.39 is 0 Å². The first kappa shape index (κ1) is 21.8. The second-order valence-corrected chi connectivity index (χ2v) is 6.63. The molecule has 0 bridgehead atoms. The summed E-state index contributed by atoms with van der Waals surface area (Å²) in [7, 11) is 4.80. The lowest BCUT2D eigenvalue weighted by molar-refractivity contribution is -0.118. The maximum Gasteiger partial charge on any atom is 0.262 e. The molecule has 0 spiro atoms. The molecule has 3 aromatic carbocycles. The van der Waals surface area contributed by atoms with Crippen molar-refractivity contribution in [3.8, 4) is 23.0 Å². The molecule has 3 aromatic rings. The first-order chi connectivity index (χ1) is 15.1. The van der Waals surface area contributed by atoms with E-state index >= 15 is 0 Å². The molecule has 0 radical (unpaired) electrons. The fourth-order valence-corrected chi connectivity index (χ4v) is 2.87. The first-order valence-electron chi connectivity index (χ1n) is 9.73. The maximum atomic E-state index is 12.2. The number of rotatable bonds is 10. The molecule has 3 rings (SSSR count). The summed E-state index contributed by atoms with van der Waals surface area (Å²) >= 11 is 0. The van der Waals surface area contributed by atoms with Crippen LogP contribution >= 0.6 is 0 Å². The second kappa shape index (κ2) is 10.8. The molecule has 0 heterocycles. The van der Waals surface area contributed by atoms with Crippen LogP contribution in [0.3, 0.4) is 0 Å². The number of nitrogens with one attached hydrogen (secondary N) is 2. The minimum Gasteiger partial charge on any atom is -0.497 e. The number of carbonyl (C=O) groups is 1. The van der Waals surface area contributed by atoms with Crippen molar-refractivity contribution in [3.63, 3.8) is 0 Å². The standard InChI is InChI=1S/C24H26N2O5/c1-28-20-9-5-18(6-10-20)25-15-17-4-13-22(23(14-17)30-3)31-16-24(27)26-19-7-11-21(29-2)12-8-19/h4-14,25H,15-16H2,1-3H3,(H,26,27). The molecule has 0 aliphatic carbocycles. The lowest BCUT2D eigenvalue weighted by Gasteiger charge is -2.13. The monoisotopic (exact) mass is 422 g/mol. The minimum atomic E-state index is -0.266. The number of ether oxygens (including phenoxy) is 4. The minimum absolute atomic E-state index is 0.133. The summed E-state index contributed by atoms with van der Waals surface area (Å²) in [6.07, 6.45) is 0. The Hall–Kier alpha value is -3.87. The van der Waals surface area contributed by atoms with Crippen molar-refractivity contribution in [2.75, 3.05) is 38.6 Å². The molecule has 162 valence electrons. The summed E-state index contributed by atoms with van der Waals surface area (Å²) < 4.78 is 21.4. The van der Waals surface area contributed by atoms with Gasteiger partial charge in [0.05, 0.1) is 21.3 Å². The average molecular weight is 422 g/mol. The fraction of sp³-hybridized carbons (Fsp3) is 0.208. The lowest BCUT2D eigenvalue weighted by Crippen LogP contribution is -2.20. The maximum absolute atomic E-state index is 12.2. The van der Waals surface area contributed by atoms with Gasteiger partial charge in [-0.2, -0.15) is 0 Å². The Morgan fingerprint density at radius 3 is 1.94 bits per heavy atom. The number of methoxy groups -OCH3 is 3. The van der Waals surface area contributed by atoms with Crippen LogP contribution in [0.4, 0.5) is 11.4 Å². The van der Waals surface area contributed by atoms with E-state index in [1.54, 1.807) is 51.7 Å². The van der Waals surface area contributed by atoms with Crippen LogP contribution < -0.4 is 29.6 Å². The third-order valence-electron chi connectivity index (χ3n) is 4.55. The highest BCUT2D eigenvalue weighted by molar-refractivity contribution is 5.91. The predicted molar refractivity (Wildman–Crippen MR) is 120 cm³/mol. The molecule has 1 amide bonds. The highest BCUT2D eigenvalue weighted by atomic mass is 16.5.